The van der Waals surface area contributed by atoms with Crippen molar-refractivity contribution in [3.05, 3.63) is 35.8 Å². The van der Waals surface area contributed by atoms with Crippen molar-refractivity contribution in [3.8, 4) is 0 Å². The van der Waals surface area contributed by atoms with E-state index in [-0.39, 0.29) is 35.9 Å². The lowest BCUT2D eigenvalue weighted by molar-refractivity contribution is 0.0328. The molecule has 3 aliphatic rings. The Balaban J connectivity index is 1.35. The van der Waals surface area contributed by atoms with Gasteiger partial charge in [0, 0.05) is 45.0 Å². The highest BCUT2D eigenvalue weighted by atomic mass is 16.5. The van der Waals surface area contributed by atoms with E-state index in [1.165, 1.54) is 6.39 Å². The van der Waals surface area contributed by atoms with Crippen LogP contribution in [0.25, 0.3) is 0 Å². The summed E-state index contributed by atoms with van der Waals surface area (Å²) in [5.74, 6) is 1.29. The summed E-state index contributed by atoms with van der Waals surface area (Å²) in [5.41, 5.74) is 2.27. The number of anilines is 1. The van der Waals surface area contributed by atoms with Crippen molar-refractivity contribution in [2.75, 3.05) is 32.0 Å². The zero-order valence-corrected chi connectivity index (χ0v) is 19.9. The number of aromatic nitrogens is 3. The number of ether oxygens (including phenoxy) is 1. The quantitative estimate of drug-likeness (QED) is 0.575. The van der Waals surface area contributed by atoms with Crippen LogP contribution in [0.5, 0.6) is 0 Å². The van der Waals surface area contributed by atoms with Gasteiger partial charge in [0.05, 0.1) is 21.8 Å². The molecule has 34 heavy (non-hydrogen) atoms. The first-order valence-electron chi connectivity index (χ1n) is 13.9. The lowest BCUT2D eigenvalue weighted by Gasteiger charge is -2.39. The van der Waals surface area contributed by atoms with E-state index in [4.69, 9.17) is 13.3 Å². The second-order valence-electron chi connectivity index (χ2n) is 10.4. The van der Waals surface area contributed by atoms with Gasteiger partial charge >= 0.3 is 0 Å². The number of hydrogen-bond acceptors (Lipinski definition) is 8. The number of nitrogens with one attached hydrogen (secondary N) is 2. The molecule has 1 amide bonds. The largest absolute Gasteiger partial charge is 0.428 e. The van der Waals surface area contributed by atoms with Gasteiger partial charge in [-0.1, -0.05) is 13.8 Å². The van der Waals surface area contributed by atoms with Crippen molar-refractivity contribution < 1.29 is 18.1 Å². The third kappa shape index (κ3) is 5.10. The Bertz CT molecular complexity index is 1070. The van der Waals surface area contributed by atoms with Crippen LogP contribution in [0.1, 0.15) is 83.8 Å². The normalized spacial score (nSPS) is 28.5. The van der Waals surface area contributed by atoms with Gasteiger partial charge < -0.3 is 24.7 Å². The third-order valence-corrected chi connectivity index (χ3v) is 7.10. The second kappa shape index (κ2) is 10.00. The van der Waals surface area contributed by atoms with Crippen molar-refractivity contribution in [2.24, 2.45) is 5.92 Å². The molecule has 0 unspecified atom stereocenters. The Hall–Kier alpha value is -2.52. The van der Waals surface area contributed by atoms with Gasteiger partial charge in [0.1, 0.15) is 0 Å². The van der Waals surface area contributed by atoms with Gasteiger partial charge in [-0.2, -0.15) is 0 Å². The van der Waals surface area contributed by atoms with Gasteiger partial charge in [-0.25, -0.2) is 4.98 Å². The lowest BCUT2D eigenvalue weighted by Crippen LogP contribution is -2.52. The number of amides is 1. The van der Waals surface area contributed by atoms with E-state index in [9.17, 15) is 4.79 Å². The Morgan fingerprint density at radius 3 is 2.88 bits per heavy atom. The maximum absolute atomic E-state index is 14.1. The summed E-state index contributed by atoms with van der Waals surface area (Å²) >= 11 is 0. The van der Waals surface area contributed by atoms with Gasteiger partial charge in [-0.05, 0) is 55.6 Å². The van der Waals surface area contributed by atoms with Gasteiger partial charge in [-0.15, -0.1) is 10.2 Å². The summed E-state index contributed by atoms with van der Waals surface area (Å²) in [6.45, 7) is 6.22. The lowest BCUT2D eigenvalue weighted by atomic mass is 9.89. The summed E-state index contributed by atoms with van der Waals surface area (Å²) in [6.07, 6.45) is 7.03. The summed E-state index contributed by atoms with van der Waals surface area (Å²) < 4.78 is 32.6. The number of rotatable bonds is 9. The number of hydrogen-bond donors (Lipinski definition) is 2. The van der Waals surface area contributed by atoms with Crippen LogP contribution in [0.3, 0.4) is 0 Å². The molecule has 184 valence electrons. The first-order chi connectivity index (χ1) is 17.7. The number of nitrogens with zero attached hydrogens (tertiary/aromatic N) is 4. The molecule has 0 radical (unpaired) electrons. The molecule has 3 fully saturated rings. The Labute approximate surface area is 205 Å². The van der Waals surface area contributed by atoms with Crippen LogP contribution < -0.4 is 10.6 Å². The molecule has 5 rings (SSSR count). The molecule has 2 atom stereocenters. The van der Waals surface area contributed by atoms with Crippen molar-refractivity contribution >= 4 is 11.6 Å². The van der Waals surface area contributed by atoms with E-state index in [0.29, 0.717) is 43.4 Å². The molecule has 9 nitrogen and oxygen atoms in total. The highest BCUT2D eigenvalue weighted by Crippen LogP contribution is 2.41. The van der Waals surface area contributed by atoms with Crippen molar-refractivity contribution in [3.63, 3.8) is 0 Å². The van der Waals surface area contributed by atoms with Crippen molar-refractivity contribution in [2.45, 2.75) is 76.0 Å². The van der Waals surface area contributed by atoms with Crippen LogP contribution in [-0.2, 0) is 4.74 Å². The minimum atomic E-state index is -2.39. The molecule has 2 saturated carbocycles. The molecular formula is C25H36N6O3. The first-order valence-corrected chi connectivity index (χ1v) is 12.4. The predicted molar refractivity (Wildman–Crippen MR) is 128 cm³/mol. The van der Waals surface area contributed by atoms with E-state index < -0.39 is 7.04 Å². The summed E-state index contributed by atoms with van der Waals surface area (Å²) in [7, 11) is -2.39. The minimum absolute atomic E-state index is 0.0342. The average Bonchev–Trinajstić information content (AvgIpc) is 3.53. The molecule has 1 aliphatic heterocycles. The van der Waals surface area contributed by atoms with E-state index in [0.717, 1.165) is 37.1 Å². The van der Waals surface area contributed by atoms with E-state index in [1.54, 1.807) is 0 Å². The maximum atomic E-state index is 14.1. The van der Waals surface area contributed by atoms with E-state index in [1.807, 2.05) is 11.1 Å². The number of pyridine rings is 1. The van der Waals surface area contributed by atoms with Crippen LogP contribution in [0.2, 0.25) is 0 Å². The third-order valence-electron chi connectivity index (χ3n) is 7.10. The molecule has 0 spiro atoms. The molecule has 1 saturated heterocycles. The van der Waals surface area contributed by atoms with Crippen LogP contribution in [0.4, 0.5) is 5.69 Å². The van der Waals surface area contributed by atoms with Gasteiger partial charge in [0.2, 0.25) is 12.3 Å². The zero-order valence-electron chi connectivity index (χ0n) is 22.9. The smallest absolute Gasteiger partial charge is 0.274 e. The molecule has 2 N–H and O–H groups in total. The summed E-state index contributed by atoms with van der Waals surface area (Å²) in [4.78, 5) is 20.7. The van der Waals surface area contributed by atoms with Crippen LogP contribution in [-0.4, -0.2) is 70.8 Å². The fourth-order valence-corrected chi connectivity index (χ4v) is 5.03. The molecule has 2 aliphatic carbocycles. The Morgan fingerprint density at radius 1 is 1.32 bits per heavy atom. The fraction of sp³-hybridized carbons (Fsp3) is 0.680. The molecular weight excluding hydrogens is 432 g/mol. The van der Waals surface area contributed by atoms with Crippen LogP contribution >= 0.6 is 0 Å². The van der Waals surface area contributed by atoms with Gasteiger partial charge in [0.15, 0.2) is 5.69 Å². The number of carbonyl (C=O) groups excluding carboxylic acids is 1. The average molecular weight is 472 g/mol. The van der Waals surface area contributed by atoms with Gasteiger partial charge in [0.25, 0.3) is 5.91 Å². The summed E-state index contributed by atoms with van der Waals surface area (Å²) in [6, 6.07) is 2.05. The maximum Gasteiger partial charge on any atom is 0.274 e. The number of piperidine rings is 1. The SMILES string of the molecule is [2H]C([2H])([2H])OC1CC(Nc2cc(C3CC3)cnc2C(=O)N(CC(C)C)[C@@H]2CNC[C@H](c3nnco3)C2)C1. The standard InChI is InChI=1S/C25H36N6O3/c1-15(2)13-31(20-6-18(10-26-12-20)24-30-28-14-34-24)25(32)23-22(29-19-8-21(9-19)33-3)7-17(11-27-23)16-4-5-16/h7,11,14-16,18-21,26,29H,4-6,8-10,12-13H2,1-3H3/t18-,19?,20+,21?/m1/s1/i3D3. The molecule has 0 aromatic carbocycles. The minimum Gasteiger partial charge on any atom is -0.428 e. The van der Waals surface area contributed by atoms with Crippen LogP contribution in [0, 0.1) is 5.92 Å². The van der Waals surface area contributed by atoms with Crippen molar-refractivity contribution in [1.29, 1.82) is 0 Å². The fourth-order valence-electron chi connectivity index (χ4n) is 5.03. The second-order valence-corrected chi connectivity index (χ2v) is 10.4. The number of carbonyl (C=O) groups is 1. The van der Waals surface area contributed by atoms with Crippen molar-refractivity contribution in [1.82, 2.24) is 25.4 Å². The Morgan fingerprint density at radius 2 is 2.18 bits per heavy atom. The van der Waals surface area contributed by atoms with E-state index >= 15 is 0 Å². The molecule has 9 heteroatoms. The molecule has 3 heterocycles. The Kier molecular flexibility index (Phi) is 5.81. The van der Waals surface area contributed by atoms with Crippen LogP contribution in [0.15, 0.2) is 23.1 Å². The number of methoxy groups -OCH3 is 1. The molecule has 0 bridgehead atoms. The highest BCUT2D eigenvalue weighted by Gasteiger charge is 2.36. The topological polar surface area (TPSA) is 105 Å². The monoisotopic (exact) mass is 471 g/mol. The predicted octanol–water partition coefficient (Wildman–Crippen LogP) is 3.18. The molecule has 2 aromatic heterocycles. The van der Waals surface area contributed by atoms with Gasteiger partial charge in [-0.3, -0.25) is 4.79 Å². The molecule has 2 aromatic rings. The zero-order chi connectivity index (χ0) is 26.2. The van der Waals surface area contributed by atoms with E-state index in [2.05, 4.69) is 45.7 Å². The highest BCUT2D eigenvalue weighted by molar-refractivity contribution is 5.98. The summed E-state index contributed by atoms with van der Waals surface area (Å²) in [5, 5.41) is 14.8. The first kappa shape index (κ1) is 19.8.